The lowest BCUT2D eigenvalue weighted by Crippen LogP contribution is -2.16. The molecule has 0 bridgehead atoms. The van der Waals surface area contributed by atoms with Crippen molar-refractivity contribution in [2.45, 2.75) is 13.3 Å². The minimum Gasteiger partial charge on any atom is -0.284 e. The predicted molar refractivity (Wildman–Crippen MR) is 71.7 cm³/mol. The molecule has 0 aliphatic carbocycles. The lowest BCUT2D eigenvalue weighted by atomic mass is 10.2. The van der Waals surface area contributed by atoms with E-state index in [1.165, 1.54) is 34.9 Å². The second-order valence-electron chi connectivity index (χ2n) is 4.06. The Labute approximate surface area is 109 Å². The average Bonchev–Trinajstić information content (AvgIpc) is 2.41. The number of nitrogens with zero attached hydrogens (tertiary/aromatic N) is 1. The summed E-state index contributed by atoms with van der Waals surface area (Å²) in [7, 11) is 0. The van der Waals surface area contributed by atoms with E-state index in [0.29, 0.717) is 5.69 Å². The Bertz CT molecular complexity index is 642. The van der Waals surface area contributed by atoms with E-state index in [-0.39, 0.29) is 11.1 Å². The molecule has 0 spiro atoms. The molecule has 19 heavy (non-hydrogen) atoms. The van der Waals surface area contributed by atoms with Gasteiger partial charge in [-0.15, -0.1) is 0 Å². The Morgan fingerprint density at radius 3 is 2.37 bits per heavy atom. The van der Waals surface area contributed by atoms with Gasteiger partial charge in [0.1, 0.15) is 0 Å². The van der Waals surface area contributed by atoms with Crippen molar-refractivity contribution in [2.75, 3.05) is 0 Å². The van der Waals surface area contributed by atoms with E-state index in [4.69, 9.17) is 0 Å². The van der Waals surface area contributed by atoms with Crippen LogP contribution in [0.1, 0.15) is 24.5 Å². The molecule has 2 nitrogen and oxygen atoms in total. The fourth-order valence-electron chi connectivity index (χ4n) is 1.78. The monoisotopic (exact) mass is 261 g/mol. The highest BCUT2D eigenvalue weighted by molar-refractivity contribution is 5.48. The second kappa shape index (κ2) is 5.61. The van der Waals surface area contributed by atoms with Gasteiger partial charge in [-0.25, -0.2) is 8.78 Å². The zero-order valence-electron chi connectivity index (χ0n) is 10.4. The molecule has 0 atom stereocenters. The van der Waals surface area contributed by atoms with Gasteiger partial charge < -0.3 is 0 Å². The van der Waals surface area contributed by atoms with Gasteiger partial charge in [-0.05, 0) is 30.7 Å². The number of alkyl halides is 2. The normalized spacial score (nSPS) is 11.4. The van der Waals surface area contributed by atoms with E-state index in [1.54, 1.807) is 12.3 Å². The highest BCUT2D eigenvalue weighted by Gasteiger charge is 2.07. The predicted octanol–water partition coefficient (Wildman–Crippen LogP) is 3.81. The molecule has 2 aromatic rings. The maximum atomic E-state index is 12.5. The average molecular weight is 261 g/mol. The van der Waals surface area contributed by atoms with Crippen LogP contribution in [0, 0.1) is 0 Å². The van der Waals surface area contributed by atoms with Crippen LogP contribution in [0.2, 0.25) is 0 Å². The van der Waals surface area contributed by atoms with E-state index >= 15 is 0 Å². The number of hydrogen-bond donors (Lipinski definition) is 0. The third-order valence-electron chi connectivity index (χ3n) is 2.72. The summed E-state index contributed by atoms with van der Waals surface area (Å²) in [5.41, 5.74) is 1.19. The Hall–Kier alpha value is -2.23. The zero-order valence-corrected chi connectivity index (χ0v) is 10.4. The van der Waals surface area contributed by atoms with Crippen LogP contribution in [0.4, 0.5) is 8.78 Å². The first-order chi connectivity index (χ1) is 9.11. The number of halogens is 2. The Kier molecular flexibility index (Phi) is 3.90. The Morgan fingerprint density at radius 2 is 1.79 bits per heavy atom. The van der Waals surface area contributed by atoms with Crippen LogP contribution in [0.25, 0.3) is 11.8 Å². The van der Waals surface area contributed by atoms with E-state index in [0.717, 1.165) is 5.56 Å². The van der Waals surface area contributed by atoms with Crippen molar-refractivity contribution in [1.82, 2.24) is 4.57 Å². The summed E-state index contributed by atoms with van der Waals surface area (Å²) in [4.78, 5) is 11.8. The molecule has 0 aliphatic heterocycles. The van der Waals surface area contributed by atoms with Gasteiger partial charge in [0.15, 0.2) is 0 Å². The van der Waals surface area contributed by atoms with Crippen molar-refractivity contribution < 1.29 is 8.78 Å². The van der Waals surface area contributed by atoms with Gasteiger partial charge in [0.2, 0.25) is 0 Å². The first-order valence-corrected chi connectivity index (χ1v) is 5.85. The highest BCUT2D eigenvalue weighted by atomic mass is 19.3. The van der Waals surface area contributed by atoms with Gasteiger partial charge in [-0.3, -0.25) is 9.36 Å². The first-order valence-electron chi connectivity index (χ1n) is 5.85. The molecule has 0 saturated carbocycles. The van der Waals surface area contributed by atoms with Gasteiger partial charge in [0.05, 0.1) is 0 Å². The molecule has 0 fully saturated rings. The van der Waals surface area contributed by atoms with Crippen LogP contribution >= 0.6 is 0 Å². The van der Waals surface area contributed by atoms with Gasteiger partial charge in [-0.1, -0.05) is 24.3 Å². The van der Waals surface area contributed by atoms with Gasteiger partial charge in [0, 0.05) is 23.5 Å². The number of allylic oxidation sites excluding steroid dienone is 1. The quantitative estimate of drug-likeness (QED) is 0.823. The van der Waals surface area contributed by atoms with Gasteiger partial charge in [0.25, 0.3) is 12.0 Å². The summed E-state index contributed by atoms with van der Waals surface area (Å²) in [6.45, 7) is 1.88. The van der Waals surface area contributed by atoms with Crippen LogP contribution in [0.3, 0.4) is 0 Å². The summed E-state index contributed by atoms with van der Waals surface area (Å²) in [6.07, 6.45) is 2.91. The van der Waals surface area contributed by atoms with E-state index < -0.39 is 6.43 Å². The fourth-order valence-corrected chi connectivity index (χ4v) is 1.78. The number of rotatable bonds is 3. The van der Waals surface area contributed by atoms with Crippen molar-refractivity contribution in [2.24, 2.45) is 0 Å². The van der Waals surface area contributed by atoms with Crippen LogP contribution in [0.5, 0.6) is 0 Å². The largest absolute Gasteiger partial charge is 0.284 e. The maximum Gasteiger partial charge on any atom is 0.263 e. The van der Waals surface area contributed by atoms with E-state index in [1.807, 2.05) is 19.1 Å². The molecule has 0 amide bonds. The smallest absolute Gasteiger partial charge is 0.263 e. The second-order valence-corrected chi connectivity index (χ2v) is 4.06. The van der Waals surface area contributed by atoms with Crippen molar-refractivity contribution in [3.8, 4) is 5.69 Å². The fraction of sp³-hybridized carbons (Fsp3) is 0.133. The molecule has 0 saturated heterocycles. The third-order valence-corrected chi connectivity index (χ3v) is 2.72. The lowest BCUT2D eigenvalue weighted by Gasteiger charge is -2.07. The SMILES string of the molecule is CC=Cc1ccc(=O)n(-c2ccc(C(F)F)cc2)c1. The van der Waals surface area contributed by atoms with Crippen LogP contribution < -0.4 is 5.56 Å². The molecular weight excluding hydrogens is 248 g/mol. The molecular formula is C15H13F2NO. The van der Waals surface area contributed by atoms with Gasteiger partial charge >= 0.3 is 0 Å². The molecule has 0 unspecified atom stereocenters. The van der Waals surface area contributed by atoms with Crippen LogP contribution in [-0.2, 0) is 0 Å². The summed E-state index contributed by atoms with van der Waals surface area (Å²) in [5, 5.41) is 0. The summed E-state index contributed by atoms with van der Waals surface area (Å²) < 4.78 is 26.4. The number of pyridine rings is 1. The molecule has 0 N–H and O–H groups in total. The topological polar surface area (TPSA) is 22.0 Å². The molecule has 98 valence electrons. The molecule has 2 rings (SSSR count). The van der Waals surface area contributed by atoms with Gasteiger partial charge in [-0.2, -0.15) is 0 Å². The standard InChI is InChI=1S/C15H13F2NO/c1-2-3-11-4-9-14(19)18(10-11)13-7-5-12(6-8-13)15(16)17/h2-10,15H,1H3. The minimum atomic E-state index is -2.50. The lowest BCUT2D eigenvalue weighted by molar-refractivity contribution is 0.151. The maximum absolute atomic E-state index is 12.5. The highest BCUT2D eigenvalue weighted by Crippen LogP contribution is 2.19. The molecule has 1 aromatic heterocycles. The van der Waals surface area contributed by atoms with Crippen molar-refractivity contribution >= 4 is 6.08 Å². The van der Waals surface area contributed by atoms with Crippen LogP contribution in [-0.4, -0.2) is 4.57 Å². The molecule has 4 heteroatoms. The Balaban J connectivity index is 2.46. The molecule has 0 radical (unpaired) electrons. The van der Waals surface area contributed by atoms with E-state index in [2.05, 4.69) is 0 Å². The summed E-state index contributed by atoms with van der Waals surface area (Å²) in [6, 6.07) is 8.86. The first kappa shape index (κ1) is 13.2. The number of aromatic nitrogens is 1. The zero-order chi connectivity index (χ0) is 13.8. The van der Waals surface area contributed by atoms with E-state index in [9.17, 15) is 13.6 Å². The molecule has 0 aliphatic rings. The summed E-state index contributed by atoms with van der Waals surface area (Å²) >= 11 is 0. The molecule has 1 heterocycles. The van der Waals surface area contributed by atoms with Crippen molar-refractivity contribution in [1.29, 1.82) is 0 Å². The number of hydrogen-bond acceptors (Lipinski definition) is 1. The van der Waals surface area contributed by atoms with Crippen molar-refractivity contribution in [3.05, 3.63) is 70.2 Å². The summed E-state index contributed by atoms with van der Waals surface area (Å²) in [5.74, 6) is 0. The molecule has 1 aromatic carbocycles. The Morgan fingerprint density at radius 1 is 1.11 bits per heavy atom. The minimum absolute atomic E-state index is 0.0543. The number of benzene rings is 1. The van der Waals surface area contributed by atoms with Crippen molar-refractivity contribution in [3.63, 3.8) is 0 Å². The third kappa shape index (κ3) is 2.96. The van der Waals surface area contributed by atoms with Crippen LogP contribution in [0.15, 0.2) is 53.5 Å².